The Balaban J connectivity index is 2.21. The zero-order valence-corrected chi connectivity index (χ0v) is 23.3. The van der Waals surface area contributed by atoms with E-state index in [0.29, 0.717) is 12.8 Å². The SMILES string of the molecule is CO[C@@H](C1CCC(C)N1C(=O)OC(C)(C)C)[C@@H](C)C(=O)N[C@@H](Cc1ccccc1)C(=O)OC(C)(C)C. The van der Waals surface area contributed by atoms with E-state index in [1.54, 1.807) is 39.7 Å². The Morgan fingerprint density at radius 2 is 1.58 bits per heavy atom. The number of carbonyl (C=O) groups is 3. The molecule has 2 unspecified atom stereocenters. The largest absolute Gasteiger partial charge is 0.458 e. The van der Waals surface area contributed by atoms with Crippen molar-refractivity contribution in [3.8, 4) is 0 Å². The summed E-state index contributed by atoms with van der Waals surface area (Å²) in [6.45, 7) is 14.6. The third kappa shape index (κ3) is 8.50. The second-order valence-electron chi connectivity index (χ2n) is 11.7. The number of esters is 1. The van der Waals surface area contributed by atoms with E-state index in [9.17, 15) is 14.4 Å². The Kier molecular flexibility index (Phi) is 9.94. The molecule has 1 aliphatic heterocycles. The fourth-order valence-electron chi connectivity index (χ4n) is 4.53. The van der Waals surface area contributed by atoms with Crippen LogP contribution in [0.25, 0.3) is 0 Å². The minimum Gasteiger partial charge on any atom is -0.458 e. The summed E-state index contributed by atoms with van der Waals surface area (Å²) in [5, 5.41) is 2.89. The van der Waals surface area contributed by atoms with Gasteiger partial charge in [-0.2, -0.15) is 0 Å². The second-order valence-corrected chi connectivity index (χ2v) is 11.7. The summed E-state index contributed by atoms with van der Waals surface area (Å²) in [7, 11) is 1.54. The van der Waals surface area contributed by atoms with E-state index < -0.39 is 41.3 Å². The summed E-state index contributed by atoms with van der Waals surface area (Å²) in [5.41, 5.74) is -0.413. The lowest BCUT2D eigenvalue weighted by Crippen LogP contribution is -2.54. The average Bonchev–Trinajstić information content (AvgIpc) is 3.13. The Labute approximate surface area is 216 Å². The highest BCUT2D eigenvalue weighted by Crippen LogP contribution is 2.32. The summed E-state index contributed by atoms with van der Waals surface area (Å²) < 4.78 is 17.0. The van der Waals surface area contributed by atoms with Crippen LogP contribution in [0.3, 0.4) is 0 Å². The molecule has 1 aliphatic rings. The fourth-order valence-corrected chi connectivity index (χ4v) is 4.53. The zero-order chi connectivity index (χ0) is 27.3. The number of benzene rings is 1. The molecule has 0 saturated carbocycles. The summed E-state index contributed by atoms with van der Waals surface area (Å²) in [6.07, 6.45) is 0.792. The molecule has 2 rings (SSSR count). The van der Waals surface area contributed by atoms with Crippen LogP contribution in [0, 0.1) is 5.92 Å². The van der Waals surface area contributed by atoms with Gasteiger partial charge in [-0.05, 0) is 66.9 Å². The molecule has 1 fully saturated rings. The van der Waals surface area contributed by atoms with Crippen molar-refractivity contribution in [1.82, 2.24) is 10.2 Å². The van der Waals surface area contributed by atoms with Crippen LogP contribution in [-0.2, 0) is 30.2 Å². The number of hydrogen-bond donors (Lipinski definition) is 1. The van der Waals surface area contributed by atoms with E-state index in [0.717, 1.165) is 12.0 Å². The van der Waals surface area contributed by atoms with Crippen LogP contribution in [-0.4, -0.2) is 65.4 Å². The van der Waals surface area contributed by atoms with Gasteiger partial charge in [0.05, 0.1) is 18.1 Å². The molecule has 202 valence electrons. The van der Waals surface area contributed by atoms with Crippen molar-refractivity contribution in [3.05, 3.63) is 35.9 Å². The van der Waals surface area contributed by atoms with Crippen molar-refractivity contribution in [2.75, 3.05) is 7.11 Å². The van der Waals surface area contributed by atoms with Crippen molar-refractivity contribution >= 4 is 18.0 Å². The van der Waals surface area contributed by atoms with Gasteiger partial charge >= 0.3 is 12.1 Å². The predicted molar refractivity (Wildman–Crippen MR) is 138 cm³/mol. The first-order valence-electron chi connectivity index (χ1n) is 12.7. The molecule has 5 atom stereocenters. The van der Waals surface area contributed by atoms with Gasteiger partial charge in [0, 0.05) is 19.6 Å². The molecule has 1 aromatic rings. The monoisotopic (exact) mass is 504 g/mol. The van der Waals surface area contributed by atoms with Gasteiger partial charge in [-0.3, -0.25) is 9.69 Å². The molecule has 1 N–H and O–H groups in total. The maximum atomic E-state index is 13.4. The molecule has 0 aromatic heterocycles. The highest BCUT2D eigenvalue weighted by molar-refractivity contribution is 5.86. The van der Waals surface area contributed by atoms with Gasteiger partial charge in [0.2, 0.25) is 5.91 Å². The number of likely N-dealkylation sites (tertiary alicyclic amines) is 1. The lowest BCUT2D eigenvalue weighted by atomic mass is 9.94. The van der Waals surface area contributed by atoms with E-state index in [2.05, 4.69) is 5.32 Å². The maximum absolute atomic E-state index is 13.4. The molecular weight excluding hydrogens is 460 g/mol. The van der Waals surface area contributed by atoms with Gasteiger partial charge in [0.15, 0.2) is 0 Å². The maximum Gasteiger partial charge on any atom is 0.410 e. The van der Waals surface area contributed by atoms with Crippen molar-refractivity contribution in [2.45, 2.75) is 110 Å². The van der Waals surface area contributed by atoms with Crippen molar-refractivity contribution < 1.29 is 28.6 Å². The summed E-state index contributed by atoms with van der Waals surface area (Å²) >= 11 is 0. The number of nitrogens with one attached hydrogen (secondary N) is 1. The first-order chi connectivity index (χ1) is 16.6. The number of carbonyl (C=O) groups excluding carboxylic acids is 3. The summed E-state index contributed by atoms with van der Waals surface area (Å²) in [4.78, 5) is 41.1. The third-order valence-electron chi connectivity index (χ3n) is 6.16. The fraction of sp³-hybridized carbons (Fsp3) is 0.679. The molecule has 36 heavy (non-hydrogen) atoms. The quantitative estimate of drug-likeness (QED) is 0.524. The Bertz CT molecular complexity index is 890. The first-order valence-corrected chi connectivity index (χ1v) is 12.7. The normalized spacial score (nSPS) is 20.9. The van der Waals surface area contributed by atoms with Gasteiger partial charge in [-0.25, -0.2) is 9.59 Å². The molecule has 1 aromatic carbocycles. The number of hydrogen-bond acceptors (Lipinski definition) is 6. The molecule has 0 radical (unpaired) electrons. The molecule has 0 bridgehead atoms. The number of ether oxygens (including phenoxy) is 3. The van der Waals surface area contributed by atoms with Gasteiger partial charge in [-0.15, -0.1) is 0 Å². The summed E-state index contributed by atoms with van der Waals surface area (Å²) in [5.74, 6) is -1.46. The minimum absolute atomic E-state index is 0.0367. The van der Waals surface area contributed by atoms with E-state index in [4.69, 9.17) is 14.2 Å². The molecule has 8 heteroatoms. The Morgan fingerprint density at radius 1 is 1.00 bits per heavy atom. The van der Waals surface area contributed by atoms with E-state index in [1.807, 2.05) is 58.0 Å². The van der Waals surface area contributed by atoms with Crippen LogP contribution in [0.4, 0.5) is 4.79 Å². The van der Waals surface area contributed by atoms with Crippen LogP contribution in [0.2, 0.25) is 0 Å². The summed E-state index contributed by atoms with van der Waals surface area (Å²) in [6, 6.07) is 8.27. The van der Waals surface area contributed by atoms with Crippen molar-refractivity contribution in [1.29, 1.82) is 0 Å². The standard InChI is InChI=1S/C28H44N2O6/c1-18-15-16-22(30(18)26(33)36-28(6,7)8)23(34-9)19(2)24(31)29-21(25(32)35-27(3,4)5)17-20-13-11-10-12-14-20/h10-14,18-19,21-23H,15-17H2,1-9H3,(H,29,31)/t18?,19-,21+,22?,23-/m1/s1. The van der Waals surface area contributed by atoms with E-state index >= 15 is 0 Å². The molecular formula is C28H44N2O6. The molecule has 0 spiro atoms. The van der Waals surface area contributed by atoms with Gasteiger partial charge < -0.3 is 19.5 Å². The van der Waals surface area contributed by atoms with E-state index in [-0.39, 0.29) is 18.0 Å². The van der Waals surface area contributed by atoms with Crippen LogP contribution in [0.15, 0.2) is 30.3 Å². The number of methoxy groups -OCH3 is 1. The highest BCUT2D eigenvalue weighted by Gasteiger charge is 2.44. The minimum atomic E-state index is -0.858. The van der Waals surface area contributed by atoms with Crippen LogP contribution >= 0.6 is 0 Å². The molecule has 8 nitrogen and oxygen atoms in total. The topological polar surface area (TPSA) is 94.2 Å². The van der Waals surface area contributed by atoms with Gasteiger partial charge in [0.1, 0.15) is 17.2 Å². The predicted octanol–water partition coefficient (Wildman–Crippen LogP) is 4.49. The smallest absolute Gasteiger partial charge is 0.410 e. The molecule has 2 amide bonds. The molecule has 0 aliphatic carbocycles. The highest BCUT2D eigenvalue weighted by atomic mass is 16.6. The number of amides is 2. The number of nitrogens with zero attached hydrogens (tertiary/aromatic N) is 1. The van der Waals surface area contributed by atoms with Crippen LogP contribution in [0.1, 0.15) is 73.8 Å². The number of rotatable bonds is 8. The van der Waals surface area contributed by atoms with Crippen molar-refractivity contribution in [3.63, 3.8) is 0 Å². The first kappa shape index (κ1) is 29.6. The van der Waals surface area contributed by atoms with Gasteiger partial charge in [0.25, 0.3) is 0 Å². The Hall–Kier alpha value is -2.61. The second kappa shape index (κ2) is 12.1. The third-order valence-corrected chi connectivity index (χ3v) is 6.16. The van der Waals surface area contributed by atoms with E-state index in [1.165, 1.54) is 0 Å². The van der Waals surface area contributed by atoms with Crippen LogP contribution in [0.5, 0.6) is 0 Å². The lowest BCUT2D eigenvalue weighted by molar-refractivity contribution is -0.159. The van der Waals surface area contributed by atoms with Crippen molar-refractivity contribution in [2.24, 2.45) is 5.92 Å². The molecule has 1 heterocycles. The lowest BCUT2D eigenvalue weighted by Gasteiger charge is -2.36. The van der Waals surface area contributed by atoms with Crippen LogP contribution < -0.4 is 5.32 Å². The Morgan fingerprint density at radius 3 is 2.11 bits per heavy atom. The molecule has 1 saturated heterocycles. The zero-order valence-electron chi connectivity index (χ0n) is 23.3. The van der Waals surface area contributed by atoms with Gasteiger partial charge in [-0.1, -0.05) is 37.3 Å². The average molecular weight is 505 g/mol.